The average molecular weight is 234 g/mol. The second-order valence-electron chi connectivity index (χ2n) is 4.86. The molecule has 1 aromatic rings. The Kier molecular flexibility index (Phi) is 6.23. The second kappa shape index (κ2) is 7.46. The van der Waals surface area contributed by atoms with Crippen molar-refractivity contribution < 1.29 is 0 Å². The minimum Gasteiger partial charge on any atom is -0.326 e. The van der Waals surface area contributed by atoms with Gasteiger partial charge < -0.3 is 10.6 Å². The van der Waals surface area contributed by atoms with Crippen LogP contribution in [0.15, 0.2) is 30.3 Å². The van der Waals surface area contributed by atoms with E-state index in [1.165, 1.54) is 18.4 Å². The van der Waals surface area contributed by atoms with Gasteiger partial charge in [-0.05, 0) is 31.9 Å². The molecule has 0 aliphatic carbocycles. The Hall–Kier alpha value is -0.860. The molecule has 0 aliphatic rings. The summed E-state index contributed by atoms with van der Waals surface area (Å²) >= 11 is 0. The first-order valence-electron chi connectivity index (χ1n) is 6.67. The van der Waals surface area contributed by atoms with Crippen LogP contribution in [-0.2, 0) is 6.42 Å². The van der Waals surface area contributed by atoms with E-state index in [1.54, 1.807) is 0 Å². The number of nitrogens with two attached hydrogens (primary N) is 1. The Morgan fingerprint density at radius 2 is 1.71 bits per heavy atom. The van der Waals surface area contributed by atoms with Crippen LogP contribution in [0.1, 0.15) is 32.3 Å². The van der Waals surface area contributed by atoms with Crippen molar-refractivity contribution in [2.75, 3.05) is 13.6 Å². The Balaban J connectivity index is 2.41. The predicted molar refractivity (Wildman–Crippen MR) is 75.1 cm³/mol. The standard InChI is InChI=1S/C15H26N2/c1-4-15(5-2)17(3)12-14(16)11-13-9-7-6-8-10-13/h6-10,14-15H,4-5,11-12,16H2,1-3H3. The average Bonchev–Trinajstić information content (AvgIpc) is 2.31. The molecule has 0 saturated heterocycles. The van der Waals surface area contributed by atoms with E-state index in [0.717, 1.165) is 13.0 Å². The van der Waals surface area contributed by atoms with Gasteiger partial charge in [0.05, 0.1) is 0 Å². The Morgan fingerprint density at radius 1 is 1.12 bits per heavy atom. The molecule has 2 nitrogen and oxygen atoms in total. The molecule has 1 rings (SSSR count). The lowest BCUT2D eigenvalue weighted by atomic mass is 10.0. The molecule has 0 saturated carbocycles. The third-order valence-electron chi connectivity index (χ3n) is 3.43. The first-order valence-corrected chi connectivity index (χ1v) is 6.67. The molecule has 2 N–H and O–H groups in total. The van der Waals surface area contributed by atoms with Gasteiger partial charge in [0.25, 0.3) is 0 Å². The molecule has 1 atom stereocenters. The third-order valence-corrected chi connectivity index (χ3v) is 3.43. The minimum absolute atomic E-state index is 0.225. The maximum absolute atomic E-state index is 6.21. The lowest BCUT2D eigenvalue weighted by Gasteiger charge is -2.28. The van der Waals surface area contributed by atoms with Crippen molar-refractivity contribution in [3.8, 4) is 0 Å². The van der Waals surface area contributed by atoms with Crippen molar-refractivity contribution in [1.82, 2.24) is 4.90 Å². The van der Waals surface area contributed by atoms with Crippen LogP contribution in [0.3, 0.4) is 0 Å². The summed E-state index contributed by atoms with van der Waals surface area (Å²) in [6.07, 6.45) is 3.36. The highest BCUT2D eigenvalue weighted by Gasteiger charge is 2.13. The lowest BCUT2D eigenvalue weighted by molar-refractivity contribution is 0.216. The summed E-state index contributed by atoms with van der Waals surface area (Å²) in [6, 6.07) is 11.4. The SMILES string of the molecule is CCC(CC)N(C)CC(N)Cc1ccccc1. The molecule has 2 heteroatoms. The molecule has 0 aromatic heterocycles. The Morgan fingerprint density at radius 3 is 2.24 bits per heavy atom. The zero-order valence-corrected chi connectivity index (χ0v) is 11.4. The first kappa shape index (κ1) is 14.2. The van der Waals surface area contributed by atoms with Crippen molar-refractivity contribution >= 4 is 0 Å². The highest BCUT2D eigenvalue weighted by atomic mass is 15.1. The zero-order valence-electron chi connectivity index (χ0n) is 11.4. The molecule has 17 heavy (non-hydrogen) atoms. The Labute approximate surface area is 106 Å². The number of benzene rings is 1. The van der Waals surface area contributed by atoms with Crippen LogP contribution in [0.25, 0.3) is 0 Å². The lowest BCUT2D eigenvalue weighted by Crippen LogP contribution is -2.41. The smallest absolute Gasteiger partial charge is 0.0208 e. The van der Waals surface area contributed by atoms with Gasteiger partial charge in [0.2, 0.25) is 0 Å². The molecular weight excluding hydrogens is 208 g/mol. The van der Waals surface area contributed by atoms with E-state index in [9.17, 15) is 0 Å². The quantitative estimate of drug-likeness (QED) is 0.786. The van der Waals surface area contributed by atoms with Crippen molar-refractivity contribution in [3.05, 3.63) is 35.9 Å². The third kappa shape index (κ3) is 4.88. The van der Waals surface area contributed by atoms with Crippen LogP contribution in [0.5, 0.6) is 0 Å². The summed E-state index contributed by atoms with van der Waals surface area (Å²) in [4.78, 5) is 2.40. The van der Waals surface area contributed by atoms with E-state index in [4.69, 9.17) is 5.73 Å². The van der Waals surface area contributed by atoms with Crippen molar-refractivity contribution in [3.63, 3.8) is 0 Å². The van der Waals surface area contributed by atoms with Crippen LogP contribution in [0.4, 0.5) is 0 Å². The summed E-state index contributed by atoms with van der Waals surface area (Å²) < 4.78 is 0. The van der Waals surface area contributed by atoms with Crippen molar-refractivity contribution in [2.24, 2.45) is 5.73 Å². The predicted octanol–water partition coefficient (Wildman–Crippen LogP) is 2.68. The van der Waals surface area contributed by atoms with E-state index >= 15 is 0 Å². The van der Waals surface area contributed by atoms with E-state index in [2.05, 4.69) is 50.1 Å². The molecule has 0 bridgehead atoms. The van der Waals surface area contributed by atoms with Gasteiger partial charge in [-0.2, -0.15) is 0 Å². The van der Waals surface area contributed by atoms with Gasteiger partial charge in [-0.25, -0.2) is 0 Å². The maximum atomic E-state index is 6.21. The van der Waals surface area contributed by atoms with Crippen molar-refractivity contribution in [1.29, 1.82) is 0 Å². The van der Waals surface area contributed by atoms with Crippen LogP contribution in [0.2, 0.25) is 0 Å². The Bertz CT molecular complexity index is 293. The number of hydrogen-bond donors (Lipinski definition) is 1. The van der Waals surface area contributed by atoms with Crippen molar-refractivity contribution in [2.45, 2.75) is 45.2 Å². The van der Waals surface area contributed by atoms with Crippen LogP contribution < -0.4 is 5.73 Å². The van der Waals surface area contributed by atoms with Gasteiger partial charge in [-0.3, -0.25) is 0 Å². The summed E-state index contributed by atoms with van der Waals surface area (Å²) in [5.41, 5.74) is 7.54. The monoisotopic (exact) mass is 234 g/mol. The van der Waals surface area contributed by atoms with E-state index in [1.807, 2.05) is 6.07 Å². The normalized spacial score (nSPS) is 13.3. The van der Waals surface area contributed by atoms with Gasteiger partial charge in [-0.15, -0.1) is 0 Å². The fourth-order valence-corrected chi connectivity index (χ4v) is 2.41. The molecule has 1 aromatic carbocycles. The van der Waals surface area contributed by atoms with E-state index in [0.29, 0.717) is 6.04 Å². The number of hydrogen-bond acceptors (Lipinski definition) is 2. The molecule has 0 radical (unpaired) electrons. The maximum Gasteiger partial charge on any atom is 0.0208 e. The van der Waals surface area contributed by atoms with Gasteiger partial charge in [-0.1, -0.05) is 44.2 Å². The van der Waals surface area contributed by atoms with Crippen LogP contribution >= 0.6 is 0 Å². The van der Waals surface area contributed by atoms with Gasteiger partial charge in [0.15, 0.2) is 0 Å². The zero-order chi connectivity index (χ0) is 12.7. The molecule has 0 spiro atoms. The molecular formula is C15H26N2. The topological polar surface area (TPSA) is 29.3 Å². The van der Waals surface area contributed by atoms with E-state index < -0.39 is 0 Å². The molecule has 0 amide bonds. The minimum atomic E-state index is 0.225. The molecule has 0 heterocycles. The van der Waals surface area contributed by atoms with Gasteiger partial charge in [0.1, 0.15) is 0 Å². The number of likely N-dealkylation sites (N-methyl/N-ethyl adjacent to an activating group) is 1. The van der Waals surface area contributed by atoms with Crippen LogP contribution in [0, 0.1) is 0 Å². The molecule has 0 aliphatic heterocycles. The van der Waals surface area contributed by atoms with Gasteiger partial charge >= 0.3 is 0 Å². The van der Waals surface area contributed by atoms with Gasteiger partial charge in [0, 0.05) is 18.6 Å². The largest absolute Gasteiger partial charge is 0.326 e. The number of nitrogens with zero attached hydrogens (tertiary/aromatic N) is 1. The fourth-order valence-electron chi connectivity index (χ4n) is 2.41. The summed E-state index contributed by atoms with van der Waals surface area (Å²) in [5.74, 6) is 0. The summed E-state index contributed by atoms with van der Waals surface area (Å²) in [7, 11) is 2.18. The highest BCUT2D eigenvalue weighted by molar-refractivity contribution is 5.15. The first-order chi connectivity index (χ1) is 8.17. The molecule has 96 valence electrons. The number of rotatable bonds is 7. The highest BCUT2D eigenvalue weighted by Crippen LogP contribution is 2.08. The molecule has 0 fully saturated rings. The van der Waals surface area contributed by atoms with E-state index in [-0.39, 0.29) is 6.04 Å². The summed E-state index contributed by atoms with van der Waals surface area (Å²) in [5, 5.41) is 0. The second-order valence-corrected chi connectivity index (χ2v) is 4.86. The van der Waals surface area contributed by atoms with Crippen LogP contribution in [-0.4, -0.2) is 30.6 Å². The fraction of sp³-hybridized carbons (Fsp3) is 0.600. The summed E-state index contributed by atoms with van der Waals surface area (Å²) in [6.45, 7) is 5.46. The molecule has 1 unspecified atom stereocenters.